The molecule has 4 heterocycles. The van der Waals surface area contributed by atoms with E-state index in [1.807, 2.05) is 4.90 Å². The van der Waals surface area contributed by atoms with Gasteiger partial charge in [0.1, 0.15) is 5.56 Å². The molecule has 1 amide bonds. The summed E-state index contributed by atoms with van der Waals surface area (Å²) in [6.45, 7) is 2.95. The maximum absolute atomic E-state index is 13.8. The molecule has 1 aliphatic carbocycles. The van der Waals surface area contributed by atoms with Crippen LogP contribution in [0.25, 0.3) is 10.9 Å². The van der Waals surface area contributed by atoms with Gasteiger partial charge in [-0.25, -0.2) is 0 Å². The number of amides is 1. The van der Waals surface area contributed by atoms with E-state index >= 15 is 0 Å². The summed E-state index contributed by atoms with van der Waals surface area (Å²) in [5.41, 5.74) is 2.00. The molecule has 7 nitrogen and oxygen atoms in total. The average molecular weight is 464 g/mol. The van der Waals surface area contributed by atoms with Crippen molar-refractivity contribution in [1.29, 1.82) is 0 Å². The number of aromatic amines is 1. The third kappa shape index (κ3) is 3.35. The first kappa shape index (κ1) is 21.7. The van der Waals surface area contributed by atoms with Gasteiger partial charge in [0.05, 0.1) is 31.2 Å². The van der Waals surface area contributed by atoms with Gasteiger partial charge in [-0.2, -0.15) is 0 Å². The Morgan fingerprint density at radius 1 is 1.09 bits per heavy atom. The average Bonchev–Trinajstić information content (AvgIpc) is 2.87. The lowest BCUT2D eigenvalue weighted by Gasteiger charge is -2.54. The largest absolute Gasteiger partial charge is 0.493 e. The molecule has 4 atom stereocenters. The molecule has 0 saturated carbocycles. The summed E-state index contributed by atoms with van der Waals surface area (Å²) in [4.78, 5) is 35.1. The number of rotatable bonds is 3. The summed E-state index contributed by atoms with van der Waals surface area (Å²) < 4.78 is 10.7. The number of benzene rings is 1. The highest BCUT2D eigenvalue weighted by molar-refractivity contribution is 5.98. The number of ether oxygens (including phenoxy) is 2. The van der Waals surface area contributed by atoms with Crippen LogP contribution in [0.2, 0.25) is 0 Å². The highest BCUT2D eigenvalue weighted by Crippen LogP contribution is 2.45. The molecule has 3 saturated heterocycles. The van der Waals surface area contributed by atoms with Gasteiger partial charge in [0, 0.05) is 31.4 Å². The van der Waals surface area contributed by atoms with Gasteiger partial charge in [-0.3, -0.25) is 14.5 Å². The van der Waals surface area contributed by atoms with Gasteiger partial charge in [0.2, 0.25) is 5.43 Å². The Labute approximate surface area is 199 Å². The number of pyridine rings is 1. The normalized spacial score (nSPS) is 28.6. The maximum Gasteiger partial charge on any atom is 0.259 e. The Kier molecular flexibility index (Phi) is 5.40. The first-order chi connectivity index (χ1) is 16.6. The standard InChI is InChI=1S/C27H33N3O4/c1-33-23-12-19-21(13-24(23)34-2)28-14-20(26(19)31)27(32)30-9-5-6-16-10-17-11-18(25(16)30)15-29-8-4-3-7-22(17)29/h10,12-14,17-18,22,25H,3-9,11,15H2,1-2H3,(H,28,31)/t17-,18-,22+,25+/m1/s1. The lowest BCUT2D eigenvalue weighted by atomic mass is 9.68. The van der Waals surface area contributed by atoms with Gasteiger partial charge >= 0.3 is 0 Å². The Bertz CT molecular complexity index is 1220. The van der Waals surface area contributed by atoms with Crippen LogP contribution in [0.4, 0.5) is 0 Å². The molecule has 1 aromatic carbocycles. The topological polar surface area (TPSA) is 74.9 Å². The van der Waals surface area contributed by atoms with E-state index in [0.717, 1.165) is 25.8 Å². The molecular weight excluding hydrogens is 430 g/mol. The second-order valence-corrected chi connectivity index (χ2v) is 10.3. The van der Waals surface area contributed by atoms with Gasteiger partial charge in [-0.05, 0) is 56.6 Å². The lowest BCUT2D eigenvalue weighted by Crippen LogP contribution is -2.60. The molecule has 1 N–H and O–H groups in total. The van der Waals surface area contributed by atoms with Crippen LogP contribution in [0.1, 0.15) is 48.9 Å². The molecule has 0 unspecified atom stereocenters. The number of nitrogens with zero attached hydrogens (tertiary/aromatic N) is 2. The second kappa shape index (κ2) is 8.45. The SMILES string of the molecule is COc1cc2[nH]cc(C(=O)N3CCCC4=C[C@@H]5C[C@H](CN6CCCC[C@@H]56)[C@H]43)c(=O)c2cc1OC. The quantitative estimate of drug-likeness (QED) is 0.705. The van der Waals surface area contributed by atoms with E-state index < -0.39 is 0 Å². The van der Waals surface area contributed by atoms with Crippen molar-refractivity contribution in [2.24, 2.45) is 11.8 Å². The number of aromatic nitrogens is 1. The number of hydrogen-bond acceptors (Lipinski definition) is 5. The van der Waals surface area contributed by atoms with E-state index in [1.54, 1.807) is 32.5 Å². The molecule has 0 spiro atoms. The highest BCUT2D eigenvalue weighted by Gasteiger charge is 2.47. The fourth-order valence-electron chi connectivity index (χ4n) is 7.06. The van der Waals surface area contributed by atoms with Crippen molar-refractivity contribution in [2.45, 2.75) is 50.6 Å². The number of fused-ring (bicyclic) bond motifs is 7. The summed E-state index contributed by atoms with van der Waals surface area (Å²) in [6.07, 6.45) is 11.2. The van der Waals surface area contributed by atoms with Crippen molar-refractivity contribution in [1.82, 2.24) is 14.8 Å². The predicted molar refractivity (Wildman–Crippen MR) is 131 cm³/mol. The molecule has 3 fully saturated rings. The van der Waals surface area contributed by atoms with E-state index in [0.29, 0.717) is 46.8 Å². The first-order valence-corrected chi connectivity index (χ1v) is 12.6. The zero-order chi connectivity index (χ0) is 23.4. The van der Waals surface area contributed by atoms with Crippen molar-refractivity contribution >= 4 is 16.8 Å². The number of carbonyl (C=O) groups excluding carboxylic acids is 1. The van der Waals surface area contributed by atoms with Crippen molar-refractivity contribution in [2.75, 3.05) is 33.9 Å². The zero-order valence-corrected chi connectivity index (χ0v) is 20.0. The van der Waals surface area contributed by atoms with Gasteiger partial charge in [-0.1, -0.05) is 18.1 Å². The Morgan fingerprint density at radius 3 is 2.74 bits per heavy atom. The lowest BCUT2D eigenvalue weighted by molar-refractivity contribution is 0.00143. The first-order valence-electron chi connectivity index (χ1n) is 12.6. The van der Waals surface area contributed by atoms with Crippen LogP contribution in [0, 0.1) is 11.8 Å². The van der Waals surface area contributed by atoms with E-state index in [4.69, 9.17) is 9.47 Å². The van der Waals surface area contributed by atoms with Crippen molar-refractivity contribution in [3.8, 4) is 11.5 Å². The van der Waals surface area contributed by atoms with Crippen LogP contribution in [-0.2, 0) is 0 Å². The number of carbonyl (C=O) groups is 1. The molecule has 3 aliphatic heterocycles. The minimum Gasteiger partial charge on any atom is -0.493 e. The third-order valence-electron chi connectivity index (χ3n) is 8.53. The summed E-state index contributed by atoms with van der Waals surface area (Å²) in [5, 5.41) is 0.439. The van der Waals surface area contributed by atoms with E-state index in [-0.39, 0.29) is 22.9 Å². The van der Waals surface area contributed by atoms with E-state index in [2.05, 4.69) is 16.0 Å². The number of hydrogen-bond donors (Lipinski definition) is 1. The van der Waals surface area contributed by atoms with Crippen LogP contribution >= 0.6 is 0 Å². The molecule has 1 aromatic heterocycles. The number of nitrogens with one attached hydrogen (secondary N) is 1. The predicted octanol–water partition coefficient (Wildman–Crippen LogP) is 3.58. The second-order valence-electron chi connectivity index (χ2n) is 10.3. The number of methoxy groups -OCH3 is 2. The fourth-order valence-corrected chi connectivity index (χ4v) is 7.06. The van der Waals surface area contributed by atoms with Crippen LogP contribution in [0.15, 0.2) is 34.8 Å². The molecule has 4 aliphatic rings. The summed E-state index contributed by atoms with van der Waals surface area (Å²) in [6, 6.07) is 4.19. The smallest absolute Gasteiger partial charge is 0.259 e. The van der Waals surface area contributed by atoms with E-state index in [1.165, 1.54) is 31.4 Å². The number of H-pyrrole nitrogens is 1. The molecule has 2 aromatic rings. The molecule has 2 bridgehead atoms. The highest BCUT2D eigenvalue weighted by atomic mass is 16.5. The molecule has 7 heteroatoms. The van der Waals surface area contributed by atoms with Crippen LogP contribution in [-0.4, -0.2) is 66.6 Å². The zero-order valence-electron chi connectivity index (χ0n) is 20.0. The molecule has 6 rings (SSSR count). The molecule has 0 radical (unpaired) electrons. The monoisotopic (exact) mass is 463 g/mol. The summed E-state index contributed by atoms with van der Waals surface area (Å²) >= 11 is 0. The van der Waals surface area contributed by atoms with Gasteiger partial charge in [-0.15, -0.1) is 0 Å². The van der Waals surface area contributed by atoms with Crippen LogP contribution in [0.3, 0.4) is 0 Å². The third-order valence-corrected chi connectivity index (χ3v) is 8.53. The van der Waals surface area contributed by atoms with Crippen molar-refractivity contribution in [3.63, 3.8) is 0 Å². The minimum atomic E-state index is -0.260. The molecular formula is C27H33N3O4. The Hall–Kier alpha value is -2.80. The fraction of sp³-hybridized carbons (Fsp3) is 0.556. The van der Waals surface area contributed by atoms with Gasteiger partial charge in [0.15, 0.2) is 11.5 Å². The van der Waals surface area contributed by atoms with Gasteiger partial charge in [0.25, 0.3) is 5.91 Å². The Balaban J connectivity index is 1.36. The maximum atomic E-state index is 13.8. The number of piperidine rings is 3. The minimum absolute atomic E-state index is 0.112. The Morgan fingerprint density at radius 2 is 1.91 bits per heavy atom. The van der Waals surface area contributed by atoms with Crippen molar-refractivity contribution < 1.29 is 14.3 Å². The van der Waals surface area contributed by atoms with Crippen LogP contribution in [0.5, 0.6) is 11.5 Å². The molecule has 180 valence electrons. The number of likely N-dealkylation sites (tertiary alicyclic amines) is 1. The van der Waals surface area contributed by atoms with E-state index in [9.17, 15) is 9.59 Å². The molecule has 34 heavy (non-hydrogen) atoms. The summed E-state index contributed by atoms with van der Waals surface area (Å²) in [7, 11) is 3.11. The van der Waals surface area contributed by atoms with Crippen LogP contribution < -0.4 is 14.9 Å². The van der Waals surface area contributed by atoms with Gasteiger partial charge < -0.3 is 19.4 Å². The van der Waals surface area contributed by atoms with Crippen molar-refractivity contribution in [3.05, 3.63) is 45.8 Å². The summed E-state index contributed by atoms with van der Waals surface area (Å²) in [5.74, 6) is 1.93.